The van der Waals surface area contributed by atoms with Crippen molar-refractivity contribution in [1.82, 2.24) is 0 Å². The highest BCUT2D eigenvalue weighted by molar-refractivity contribution is 6.04. The summed E-state index contributed by atoms with van der Waals surface area (Å²) in [6.07, 6.45) is -0.428. The molecule has 1 N–H and O–H groups in total. The van der Waals surface area contributed by atoms with Gasteiger partial charge in [0.15, 0.2) is 0 Å². The van der Waals surface area contributed by atoms with E-state index >= 15 is 0 Å². The van der Waals surface area contributed by atoms with Crippen LogP contribution in [0.15, 0.2) is 46.9 Å². The van der Waals surface area contributed by atoms with Crippen LogP contribution in [0.2, 0.25) is 0 Å². The van der Waals surface area contributed by atoms with Crippen LogP contribution < -0.4 is 0 Å². The molecule has 0 fully saturated rings. The Hall–Kier alpha value is -1.80. The summed E-state index contributed by atoms with van der Waals surface area (Å²) in [6.45, 7) is 4.03. The lowest BCUT2D eigenvalue weighted by Gasteiger charge is -2.14. The van der Waals surface area contributed by atoms with Crippen LogP contribution in [0.25, 0.3) is 21.9 Å². The van der Waals surface area contributed by atoms with Gasteiger partial charge in [-0.25, -0.2) is 0 Å². The van der Waals surface area contributed by atoms with Gasteiger partial charge in [0, 0.05) is 10.8 Å². The molecule has 1 unspecified atom stereocenters. The lowest BCUT2D eigenvalue weighted by molar-refractivity contribution is 0.127. The SMILES string of the molecule is CC(C)C(O)c1ccc2oc3ccccc3c2c1. The molecular weight excluding hydrogens is 224 g/mol. The van der Waals surface area contributed by atoms with Crippen molar-refractivity contribution in [3.8, 4) is 0 Å². The monoisotopic (exact) mass is 240 g/mol. The van der Waals surface area contributed by atoms with Gasteiger partial charge in [-0.05, 0) is 29.7 Å². The van der Waals surface area contributed by atoms with Crippen LogP contribution >= 0.6 is 0 Å². The van der Waals surface area contributed by atoms with Crippen molar-refractivity contribution in [3.63, 3.8) is 0 Å². The Labute approximate surface area is 106 Å². The van der Waals surface area contributed by atoms with Crippen molar-refractivity contribution in [2.75, 3.05) is 0 Å². The molecule has 2 nitrogen and oxygen atoms in total. The van der Waals surface area contributed by atoms with Crippen molar-refractivity contribution in [1.29, 1.82) is 0 Å². The number of fused-ring (bicyclic) bond motifs is 3. The number of aliphatic hydroxyl groups excluding tert-OH is 1. The first-order valence-corrected chi connectivity index (χ1v) is 6.26. The molecular formula is C16H16O2. The summed E-state index contributed by atoms with van der Waals surface area (Å²) in [5.41, 5.74) is 2.71. The number of para-hydroxylation sites is 1. The first-order valence-electron chi connectivity index (χ1n) is 6.26. The number of furan rings is 1. The summed E-state index contributed by atoms with van der Waals surface area (Å²) >= 11 is 0. The second kappa shape index (κ2) is 4.14. The van der Waals surface area contributed by atoms with Gasteiger partial charge in [0.25, 0.3) is 0 Å². The lowest BCUT2D eigenvalue weighted by atomic mass is 9.97. The highest BCUT2D eigenvalue weighted by Crippen LogP contribution is 2.31. The second-order valence-electron chi connectivity index (χ2n) is 5.04. The summed E-state index contributed by atoms with van der Waals surface area (Å²) < 4.78 is 5.77. The Morgan fingerprint density at radius 3 is 2.44 bits per heavy atom. The van der Waals surface area contributed by atoms with E-state index in [4.69, 9.17) is 4.42 Å². The Balaban J connectivity index is 2.24. The molecule has 2 aromatic carbocycles. The third-order valence-electron chi connectivity index (χ3n) is 3.37. The highest BCUT2D eigenvalue weighted by atomic mass is 16.3. The molecule has 0 bridgehead atoms. The minimum Gasteiger partial charge on any atom is -0.456 e. The van der Waals surface area contributed by atoms with Crippen molar-refractivity contribution in [2.45, 2.75) is 20.0 Å². The molecule has 0 aliphatic rings. The van der Waals surface area contributed by atoms with E-state index in [2.05, 4.69) is 0 Å². The van der Waals surface area contributed by atoms with E-state index in [0.717, 1.165) is 27.5 Å². The maximum absolute atomic E-state index is 10.1. The predicted octanol–water partition coefficient (Wildman–Crippen LogP) is 4.28. The summed E-state index contributed by atoms with van der Waals surface area (Å²) in [5, 5.41) is 12.3. The third kappa shape index (κ3) is 1.70. The fraction of sp³-hybridized carbons (Fsp3) is 0.250. The lowest BCUT2D eigenvalue weighted by Crippen LogP contribution is -2.04. The fourth-order valence-corrected chi connectivity index (χ4v) is 2.31. The first-order chi connectivity index (χ1) is 8.66. The van der Waals surface area contributed by atoms with E-state index in [1.807, 2.05) is 56.3 Å². The van der Waals surface area contributed by atoms with E-state index in [9.17, 15) is 5.11 Å². The van der Waals surface area contributed by atoms with Crippen LogP contribution in [-0.4, -0.2) is 5.11 Å². The predicted molar refractivity (Wildman–Crippen MR) is 73.5 cm³/mol. The molecule has 0 radical (unpaired) electrons. The summed E-state index contributed by atoms with van der Waals surface area (Å²) in [5.74, 6) is 0.209. The molecule has 1 heterocycles. The Morgan fingerprint density at radius 2 is 1.67 bits per heavy atom. The van der Waals surface area contributed by atoms with Crippen LogP contribution in [0.5, 0.6) is 0 Å². The van der Waals surface area contributed by atoms with E-state index in [1.54, 1.807) is 0 Å². The molecule has 92 valence electrons. The van der Waals surface area contributed by atoms with Crippen molar-refractivity contribution >= 4 is 21.9 Å². The van der Waals surface area contributed by atoms with Gasteiger partial charge in [0.1, 0.15) is 11.2 Å². The zero-order chi connectivity index (χ0) is 12.7. The average Bonchev–Trinajstić information content (AvgIpc) is 2.75. The topological polar surface area (TPSA) is 33.4 Å². The van der Waals surface area contributed by atoms with Crippen LogP contribution in [-0.2, 0) is 0 Å². The van der Waals surface area contributed by atoms with Gasteiger partial charge in [0.05, 0.1) is 6.10 Å². The van der Waals surface area contributed by atoms with Gasteiger partial charge < -0.3 is 9.52 Å². The van der Waals surface area contributed by atoms with Crippen LogP contribution in [0.1, 0.15) is 25.5 Å². The molecule has 2 heteroatoms. The van der Waals surface area contributed by atoms with Gasteiger partial charge in [-0.2, -0.15) is 0 Å². The Bertz CT molecular complexity index is 694. The largest absolute Gasteiger partial charge is 0.456 e. The van der Waals surface area contributed by atoms with Crippen molar-refractivity contribution < 1.29 is 9.52 Å². The van der Waals surface area contributed by atoms with Gasteiger partial charge >= 0.3 is 0 Å². The maximum atomic E-state index is 10.1. The Morgan fingerprint density at radius 1 is 0.944 bits per heavy atom. The molecule has 0 spiro atoms. The second-order valence-corrected chi connectivity index (χ2v) is 5.04. The van der Waals surface area contributed by atoms with Crippen LogP contribution in [0.3, 0.4) is 0 Å². The standard InChI is InChI=1S/C16H16O2/c1-10(2)16(17)11-7-8-15-13(9-11)12-5-3-4-6-14(12)18-15/h3-10,16-17H,1-2H3. The van der Waals surface area contributed by atoms with E-state index in [0.29, 0.717) is 0 Å². The maximum Gasteiger partial charge on any atom is 0.135 e. The Kier molecular flexibility index (Phi) is 2.60. The third-order valence-corrected chi connectivity index (χ3v) is 3.37. The molecule has 3 aromatic rings. The molecule has 0 saturated carbocycles. The zero-order valence-electron chi connectivity index (χ0n) is 10.6. The van der Waals surface area contributed by atoms with Gasteiger partial charge in [-0.3, -0.25) is 0 Å². The molecule has 18 heavy (non-hydrogen) atoms. The molecule has 0 aliphatic carbocycles. The fourth-order valence-electron chi connectivity index (χ4n) is 2.31. The molecule has 0 aliphatic heterocycles. The number of hydrogen-bond donors (Lipinski definition) is 1. The minimum absolute atomic E-state index is 0.209. The zero-order valence-corrected chi connectivity index (χ0v) is 10.6. The van der Waals surface area contributed by atoms with Gasteiger partial charge in [0.2, 0.25) is 0 Å². The minimum atomic E-state index is -0.428. The molecule has 1 aromatic heterocycles. The number of benzene rings is 2. The van der Waals surface area contributed by atoms with Gasteiger partial charge in [-0.1, -0.05) is 38.1 Å². The van der Waals surface area contributed by atoms with Crippen molar-refractivity contribution in [3.05, 3.63) is 48.0 Å². The van der Waals surface area contributed by atoms with Crippen molar-refractivity contribution in [2.24, 2.45) is 5.92 Å². The van der Waals surface area contributed by atoms with E-state index in [-0.39, 0.29) is 5.92 Å². The van der Waals surface area contributed by atoms with E-state index in [1.165, 1.54) is 0 Å². The first kappa shape index (κ1) is 11.3. The van der Waals surface area contributed by atoms with Gasteiger partial charge in [-0.15, -0.1) is 0 Å². The average molecular weight is 240 g/mol. The molecule has 0 amide bonds. The molecule has 3 rings (SSSR count). The number of hydrogen-bond acceptors (Lipinski definition) is 2. The summed E-state index contributed by atoms with van der Waals surface area (Å²) in [7, 11) is 0. The number of rotatable bonds is 2. The highest BCUT2D eigenvalue weighted by Gasteiger charge is 2.14. The molecule has 1 atom stereocenters. The van der Waals surface area contributed by atoms with Crippen LogP contribution in [0.4, 0.5) is 0 Å². The smallest absolute Gasteiger partial charge is 0.135 e. The van der Waals surface area contributed by atoms with E-state index < -0.39 is 6.10 Å². The van der Waals surface area contributed by atoms with Crippen LogP contribution in [0, 0.1) is 5.92 Å². The quantitative estimate of drug-likeness (QED) is 0.725. The molecule has 0 saturated heterocycles. The summed E-state index contributed by atoms with van der Waals surface area (Å²) in [4.78, 5) is 0. The normalized spacial score (nSPS) is 13.6. The number of aliphatic hydroxyl groups is 1. The summed E-state index contributed by atoms with van der Waals surface area (Å²) in [6, 6.07) is 13.9.